The molecule has 2 aromatic carbocycles. The smallest absolute Gasteiger partial charge is 0.127 e. The lowest BCUT2D eigenvalue weighted by Crippen LogP contribution is -2.46. The molecule has 20 heavy (non-hydrogen) atoms. The maximum Gasteiger partial charge on any atom is 0.127 e. The summed E-state index contributed by atoms with van der Waals surface area (Å²) in [5.74, 6) is 0.957. The SMILES string of the molecule is CCC1(COc2ccccc2-c2ccccc2)COC1. The molecule has 0 unspecified atom stereocenters. The molecule has 3 rings (SSSR count). The van der Waals surface area contributed by atoms with Crippen LogP contribution in [0.1, 0.15) is 13.3 Å². The van der Waals surface area contributed by atoms with Gasteiger partial charge in [-0.3, -0.25) is 0 Å². The summed E-state index contributed by atoms with van der Waals surface area (Å²) in [6.07, 6.45) is 1.10. The largest absolute Gasteiger partial charge is 0.492 e. The average Bonchev–Trinajstić information content (AvgIpc) is 2.48. The normalized spacial score (nSPS) is 16.4. The van der Waals surface area contributed by atoms with Crippen LogP contribution in [0, 0.1) is 5.41 Å². The van der Waals surface area contributed by atoms with Crippen molar-refractivity contribution >= 4 is 0 Å². The molecule has 1 fully saturated rings. The molecule has 2 nitrogen and oxygen atoms in total. The lowest BCUT2D eigenvalue weighted by Gasteiger charge is -2.40. The minimum atomic E-state index is 0.212. The van der Waals surface area contributed by atoms with Crippen LogP contribution in [0.15, 0.2) is 54.6 Å². The van der Waals surface area contributed by atoms with E-state index < -0.39 is 0 Å². The lowest BCUT2D eigenvalue weighted by atomic mass is 9.84. The minimum absolute atomic E-state index is 0.212. The average molecular weight is 268 g/mol. The van der Waals surface area contributed by atoms with Crippen molar-refractivity contribution in [3.63, 3.8) is 0 Å². The van der Waals surface area contributed by atoms with Gasteiger partial charge in [0.05, 0.1) is 25.2 Å². The van der Waals surface area contributed by atoms with Crippen molar-refractivity contribution in [2.24, 2.45) is 5.41 Å². The molecule has 2 heteroatoms. The second-order valence-corrected chi connectivity index (χ2v) is 5.50. The molecule has 0 radical (unpaired) electrons. The van der Waals surface area contributed by atoms with Gasteiger partial charge in [0.15, 0.2) is 0 Å². The fourth-order valence-corrected chi connectivity index (χ4v) is 2.46. The van der Waals surface area contributed by atoms with Crippen molar-refractivity contribution < 1.29 is 9.47 Å². The van der Waals surface area contributed by atoms with Crippen molar-refractivity contribution in [2.75, 3.05) is 19.8 Å². The Morgan fingerprint density at radius 2 is 1.70 bits per heavy atom. The number of hydrogen-bond donors (Lipinski definition) is 0. The van der Waals surface area contributed by atoms with E-state index in [2.05, 4.69) is 43.3 Å². The van der Waals surface area contributed by atoms with E-state index in [1.807, 2.05) is 18.2 Å². The molecule has 1 aliphatic heterocycles. The van der Waals surface area contributed by atoms with Gasteiger partial charge in [-0.05, 0) is 18.1 Å². The number of ether oxygens (including phenoxy) is 2. The Balaban J connectivity index is 1.80. The number of benzene rings is 2. The van der Waals surface area contributed by atoms with Crippen LogP contribution in [0.25, 0.3) is 11.1 Å². The van der Waals surface area contributed by atoms with Crippen LogP contribution >= 0.6 is 0 Å². The third-order valence-electron chi connectivity index (χ3n) is 4.07. The number of rotatable bonds is 5. The van der Waals surface area contributed by atoms with Crippen molar-refractivity contribution in [2.45, 2.75) is 13.3 Å². The standard InChI is InChI=1S/C18H20O2/c1-2-18(12-19-13-18)14-20-17-11-7-6-10-16(17)15-8-4-3-5-9-15/h3-11H,2,12-14H2,1H3. The Morgan fingerprint density at radius 1 is 1.00 bits per heavy atom. The molecule has 0 spiro atoms. The predicted octanol–water partition coefficient (Wildman–Crippen LogP) is 4.16. The summed E-state index contributed by atoms with van der Waals surface area (Å²) in [7, 11) is 0. The third-order valence-corrected chi connectivity index (χ3v) is 4.07. The zero-order valence-electron chi connectivity index (χ0n) is 11.8. The Hall–Kier alpha value is -1.80. The highest BCUT2D eigenvalue weighted by molar-refractivity contribution is 5.70. The molecule has 0 atom stereocenters. The zero-order valence-corrected chi connectivity index (χ0v) is 11.8. The van der Waals surface area contributed by atoms with E-state index >= 15 is 0 Å². The van der Waals surface area contributed by atoms with Gasteiger partial charge in [-0.2, -0.15) is 0 Å². The quantitative estimate of drug-likeness (QED) is 0.810. The number of hydrogen-bond acceptors (Lipinski definition) is 2. The van der Waals surface area contributed by atoms with Gasteiger partial charge in [0.25, 0.3) is 0 Å². The molecule has 0 amide bonds. The highest BCUT2D eigenvalue weighted by Crippen LogP contribution is 2.35. The van der Waals surface area contributed by atoms with E-state index in [0.717, 1.165) is 37.6 Å². The van der Waals surface area contributed by atoms with Crippen LogP contribution in [0.4, 0.5) is 0 Å². The van der Waals surface area contributed by atoms with Crippen molar-refractivity contribution in [1.82, 2.24) is 0 Å². The first-order chi connectivity index (χ1) is 9.83. The van der Waals surface area contributed by atoms with Gasteiger partial charge in [0.1, 0.15) is 5.75 Å². The fraction of sp³-hybridized carbons (Fsp3) is 0.333. The van der Waals surface area contributed by atoms with Crippen LogP contribution in [0.2, 0.25) is 0 Å². The maximum absolute atomic E-state index is 6.11. The molecular weight excluding hydrogens is 248 g/mol. The summed E-state index contributed by atoms with van der Waals surface area (Å²) >= 11 is 0. The molecule has 0 aliphatic carbocycles. The molecule has 1 heterocycles. The summed E-state index contributed by atoms with van der Waals surface area (Å²) in [5.41, 5.74) is 2.56. The van der Waals surface area contributed by atoms with Gasteiger partial charge >= 0.3 is 0 Å². The third kappa shape index (κ3) is 2.56. The fourth-order valence-electron chi connectivity index (χ4n) is 2.46. The molecule has 2 aromatic rings. The van der Waals surface area contributed by atoms with Crippen LogP contribution < -0.4 is 4.74 Å². The summed E-state index contributed by atoms with van der Waals surface area (Å²) in [6.45, 7) is 4.57. The van der Waals surface area contributed by atoms with Crippen molar-refractivity contribution in [1.29, 1.82) is 0 Å². The Kier molecular flexibility index (Phi) is 3.75. The van der Waals surface area contributed by atoms with Crippen molar-refractivity contribution in [3.05, 3.63) is 54.6 Å². The maximum atomic E-state index is 6.11. The van der Waals surface area contributed by atoms with Crippen LogP contribution in [-0.4, -0.2) is 19.8 Å². The summed E-state index contributed by atoms with van der Waals surface area (Å²) in [4.78, 5) is 0. The van der Waals surface area contributed by atoms with Gasteiger partial charge < -0.3 is 9.47 Å². The second-order valence-electron chi connectivity index (χ2n) is 5.50. The molecule has 0 N–H and O–H groups in total. The Morgan fingerprint density at radius 3 is 2.35 bits per heavy atom. The highest BCUT2D eigenvalue weighted by atomic mass is 16.5. The van der Waals surface area contributed by atoms with Gasteiger partial charge in [-0.1, -0.05) is 55.5 Å². The van der Waals surface area contributed by atoms with E-state index in [0.29, 0.717) is 0 Å². The second kappa shape index (κ2) is 5.68. The van der Waals surface area contributed by atoms with Gasteiger partial charge in [-0.25, -0.2) is 0 Å². The molecule has 1 aliphatic rings. The molecule has 0 aromatic heterocycles. The molecule has 0 saturated carbocycles. The molecule has 104 valence electrons. The molecule has 0 bridgehead atoms. The first-order valence-electron chi connectivity index (χ1n) is 7.18. The Labute approximate surface area is 120 Å². The highest BCUT2D eigenvalue weighted by Gasteiger charge is 2.37. The minimum Gasteiger partial charge on any atom is -0.492 e. The topological polar surface area (TPSA) is 18.5 Å². The monoisotopic (exact) mass is 268 g/mol. The van der Waals surface area contributed by atoms with E-state index in [1.54, 1.807) is 0 Å². The lowest BCUT2D eigenvalue weighted by molar-refractivity contribution is -0.133. The van der Waals surface area contributed by atoms with Crippen molar-refractivity contribution in [3.8, 4) is 16.9 Å². The van der Waals surface area contributed by atoms with E-state index in [-0.39, 0.29) is 5.41 Å². The van der Waals surface area contributed by atoms with Crippen LogP contribution in [0.3, 0.4) is 0 Å². The first-order valence-corrected chi connectivity index (χ1v) is 7.18. The molecular formula is C18H20O2. The van der Waals surface area contributed by atoms with Gasteiger partial charge in [0, 0.05) is 5.56 Å². The van der Waals surface area contributed by atoms with E-state index in [9.17, 15) is 0 Å². The van der Waals surface area contributed by atoms with E-state index in [1.165, 1.54) is 5.56 Å². The predicted molar refractivity (Wildman–Crippen MR) is 80.9 cm³/mol. The van der Waals surface area contributed by atoms with E-state index in [4.69, 9.17) is 9.47 Å². The first kappa shape index (κ1) is 13.2. The summed E-state index contributed by atoms with van der Waals surface area (Å²) in [6, 6.07) is 18.6. The molecule has 1 saturated heterocycles. The van der Waals surface area contributed by atoms with Gasteiger partial charge in [-0.15, -0.1) is 0 Å². The van der Waals surface area contributed by atoms with Crippen LogP contribution in [-0.2, 0) is 4.74 Å². The summed E-state index contributed by atoms with van der Waals surface area (Å²) < 4.78 is 11.5. The Bertz CT molecular complexity index is 553. The zero-order chi connectivity index (χ0) is 13.8. The van der Waals surface area contributed by atoms with Crippen LogP contribution in [0.5, 0.6) is 5.75 Å². The van der Waals surface area contributed by atoms with Gasteiger partial charge in [0.2, 0.25) is 0 Å². The summed E-state index contributed by atoms with van der Waals surface area (Å²) in [5, 5.41) is 0. The number of para-hydroxylation sites is 1.